The molecule has 1 rings (SSSR count). The van der Waals surface area contributed by atoms with Gasteiger partial charge in [0.2, 0.25) is 0 Å². The average Bonchev–Trinajstić information content (AvgIpc) is 2.43. The SMILES string of the molecule is COc1cc([N+](=O)[O-])ccc1NC(=O)N/C=C(\C)C(C)(C)C. The summed E-state index contributed by atoms with van der Waals surface area (Å²) >= 11 is 0. The van der Waals surface area contributed by atoms with Crippen LogP contribution in [0.1, 0.15) is 27.7 Å². The normalized spacial score (nSPS) is 11.8. The zero-order chi connectivity index (χ0) is 16.9. The molecule has 1 aromatic rings. The Balaban J connectivity index is 2.83. The highest BCUT2D eigenvalue weighted by molar-refractivity contribution is 5.91. The fraction of sp³-hybridized carbons (Fsp3) is 0.400. The minimum Gasteiger partial charge on any atom is -0.494 e. The Morgan fingerprint density at radius 3 is 2.50 bits per heavy atom. The maximum Gasteiger partial charge on any atom is 0.323 e. The van der Waals surface area contributed by atoms with Gasteiger partial charge in [0.1, 0.15) is 5.75 Å². The Morgan fingerprint density at radius 2 is 2.00 bits per heavy atom. The molecule has 0 aliphatic carbocycles. The van der Waals surface area contributed by atoms with Gasteiger partial charge in [-0.25, -0.2) is 4.79 Å². The highest BCUT2D eigenvalue weighted by atomic mass is 16.6. The number of nitro benzene ring substituents is 1. The summed E-state index contributed by atoms with van der Waals surface area (Å²) in [6, 6.07) is 3.53. The molecular formula is C15H21N3O4. The fourth-order valence-electron chi connectivity index (χ4n) is 1.45. The smallest absolute Gasteiger partial charge is 0.323 e. The van der Waals surface area contributed by atoms with Gasteiger partial charge in [0.05, 0.1) is 23.8 Å². The summed E-state index contributed by atoms with van der Waals surface area (Å²) < 4.78 is 5.05. The van der Waals surface area contributed by atoms with Gasteiger partial charge >= 0.3 is 6.03 Å². The van der Waals surface area contributed by atoms with Gasteiger partial charge in [-0.2, -0.15) is 0 Å². The molecule has 0 heterocycles. The van der Waals surface area contributed by atoms with Crippen LogP contribution in [0.25, 0.3) is 0 Å². The fourth-order valence-corrected chi connectivity index (χ4v) is 1.45. The number of allylic oxidation sites excluding steroid dienone is 1. The van der Waals surface area contributed by atoms with Crippen LogP contribution in [0.15, 0.2) is 30.0 Å². The molecule has 0 unspecified atom stereocenters. The molecular weight excluding hydrogens is 286 g/mol. The third-order valence-electron chi connectivity index (χ3n) is 3.25. The van der Waals surface area contributed by atoms with Gasteiger partial charge in [0, 0.05) is 12.3 Å². The molecule has 0 saturated carbocycles. The van der Waals surface area contributed by atoms with Crippen LogP contribution in [-0.2, 0) is 0 Å². The molecule has 0 bridgehead atoms. The molecule has 1 aromatic carbocycles. The van der Waals surface area contributed by atoms with Crippen LogP contribution >= 0.6 is 0 Å². The van der Waals surface area contributed by atoms with Crippen molar-refractivity contribution in [1.82, 2.24) is 5.32 Å². The van der Waals surface area contributed by atoms with Crippen molar-refractivity contribution in [2.75, 3.05) is 12.4 Å². The minimum absolute atomic E-state index is 0.0433. The second kappa shape index (κ2) is 6.93. The minimum atomic E-state index is -0.526. The van der Waals surface area contributed by atoms with Gasteiger partial charge in [-0.1, -0.05) is 26.3 Å². The number of carbonyl (C=O) groups excluding carboxylic acids is 1. The lowest BCUT2D eigenvalue weighted by Gasteiger charge is -2.19. The van der Waals surface area contributed by atoms with Gasteiger partial charge in [0.25, 0.3) is 5.69 Å². The molecule has 0 atom stereocenters. The number of hydrogen-bond acceptors (Lipinski definition) is 4. The Hall–Kier alpha value is -2.57. The summed E-state index contributed by atoms with van der Waals surface area (Å²) in [4.78, 5) is 22.1. The van der Waals surface area contributed by atoms with Gasteiger partial charge in [-0.15, -0.1) is 0 Å². The summed E-state index contributed by atoms with van der Waals surface area (Å²) in [7, 11) is 1.38. The molecule has 22 heavy (non-hydrogen) atoms. The molecule has 0 aromatic heterocycles. The van der Waals surface area contributed by atoms with Gasteiger partial charge in [-0.05, 0) is 18.4 Å². The molecule has 0 fully saturated rings. The molecule has 0 aliphatic rings. The molecule has 7 nitrogen and oxygen atoms in total. The first kappa shape index (κ1) is 17.5. The summed E-state index contributed by atoms with van der Waals surface area (Å²) in [6.07, 6.45) is 1.63. The van der Waals surface area contributed by atoms with E-state index in [0.717, 1.165) is 5.57 Å². The Kier molecular flexibility index (Phi) is 5.50. The first-order valence-electron chi connectivity index (χ1n) is 6.72. The first-order valence-corrected chi connectivity index (χ1v) is 6.72. The summed E-state index contributed by atoms with van der Waals surface area (Å²) in [5, 5.41) is 15.9. The lowest BCUT2D eigenvalue weighted by Crippen LogP contribution is -2.25. The topological polar surface area (TPSA) is 93.5 Å². The van der Waals surface area contributed by atoms with E-state index in [2.05, 4.69) is 10.6 Å². The van der Waals surface area contributed by atoms with E-state index in [1.165, 1.54) is 25.3 Å². The van der Waals surface area contributed by atoms with Crippen LogP contribution in [0.3, 0.4) is 0 Å². The molecule has 2 amide bonds. The highest BCUT2D eigenvalue weighted by Gasteiger charge is 2.14. The van der Waals surface area contributed by atoms with Crippen molar-refractivity contribution < 1.29 is 14.5 Å². The Bertz CT molecular complexity index is 603. The maximum atomic E-state index is 11.9. The van der Waals surface area contributed by atoms with E-state index in [0.29, 0.717) is 5.69 Å². The van der Waals surface area contributed by atoms with Crippen LogP contribution in [0.5, 0.6) is 5.75 Å². The predicted molar refractivity (Wildman–Crippen MR) is 85.0 cm³/mol. The van der Waals surface area contributed by atoms with Gasteiger partial charge in [-0.3, -0.25) is 10.1 Å². The van der Waals surface area contributed by atoms with E-state index in [1.54, 1.807) is 6.20 Å². The number of nitrogens with zero attached hydrogens (tertiary/aromatic N) is 1. The van der Waals surface area contributed by atoms with E-state index >= 15 is 0 Å². The highest BCUT2D eigenvalue weighted by Crippen LogP contribution is 2.29. The predicted octanol–water partition coefficient (Wildman–Crippen LogP) is 3.67. The number of nitro groups is 1. The van der Waals surface area contributed by atoms with E-state index < -0.39 is 11.0 Å². The van der Waals surface area contributed by atoms with Crippen LogP contribution < -0.4 is 15.4 Å². The standard InChI is InChI=1S/C15H21N3O4/c1-10(15(2,3)4)9-16-14(19)17-12-7-6-11(18(20)21)8-13(12)22-5/h6-9H,1-5H3,(H2,16,17,19)/b10-9+. The van der Waals surface area contributed by atoms with Gasteiger partial charge < -0.3 is 15.4 Å². The van der Waals surface area contributed by atoms with Crippen LogP contribution in [0.2, 0.25) is 0 Å². The number of rotatable bonds is 4. The van der Waals surface area contributed by atoms with Gasteiger partial charge in [0.15, 0.2) is 0 Å². The molecule has 0 spiro atoms. The van der Waals surface area contributed by atoms with Crippen molar-refractivity contribution in [3.05, 3.63) is 40.1 Å². The largest absolute Gasteiger partial charge is 0.494 e. The maximum absolute atomic E-state index is 11.9. The number of ether oxygens (including phenoxy) is 1. The van der Waals surface area contributed by atoms with Crippen molar-refractivity contribution in [2.24, 2.45) is 5.41 Å². The van der Waals surface area contributed by atoms with Crippen molar-refractivity contribution in [1.29, 1.82) is 0 Å². The molecule has 2 N–H and O–H groups in total. The summed E-state index contributed by atoms with van der Waals surface area (Å²) in [5.74, 6) is 0.223. The summed E-state index contributed by atoms with van der Waals surface area (Å²) in [6.45, 7) is 8.04. The Morgan fingerprint density at radius 1 is 1.36 bits per heavy atom. The van der Waals surface area contributed by atoms with Crippen molar-refractivity contribution in [2.45, 2.75) is 27.7 Å². The molecule has 7 heteroatoms. The van der Waals surface area contributed by atoms with Crippen molar-refractivity contribution >= 4 is 17.4 Å². The second-order valence-electron chi connectivity index (χ2n) is 5.82. The van der Waals surface area contributed by atoms with Crippen molar-refractivity contribution in [3.63, 3.8) is 0 Å². The number of amides is 2. The quantitative estimate of drug-likeness (QED) is 0.655. The Labute approximate surface area is 129 Å². The van der Waals surface area contributed by atoms with Crippen molar-refractivity contribution in [3.8, 4) is 5.75 Å². The molecule has 0 saturated heterocycles. The first-order chi connectivity index (χ1) is 10.1. The lowest BCUT2D eigenvalue weighted by molar-refractivity contribution is -0.384. The number of non-ortho nitro benzene ring substituents is 1. The number of urea groups is 1. The number of nitrogens with one attached hydrogen (secondary N) is 2. The van der Waals surface area contributed by atoms with E-state index in [1.807, 2.05) is 27.7 Å². The lowest BCUT2D eigenvalue weighted by atomic mass is 9.88. The monoisotopic (exact) mass is 307 g/mol. The number of benzene rings is 1. The molecule has 120 valence electrons. The summed E-state index contributed by atoms with van der Waals surface area (Å²) in [5.41, 5.74) is 1.22. The zero-order valence-electron chi connectivity index (χ0n) is 13.4. The average molecular weight is 307 g/mol. The number of hydrogen-bond donors (Lipinski definition) is 2. The zero-order valence-corrected chi connectivity index (χ0v) is 13.4. The number of anilines is 1. The molecule has 0 radical (unpaired) electrons. The van der Waals surface area contributed by atoms with Crippen LogP contribution in [0, 0.1) is 15.5 Å². The third-order valence-corrected chi connectivity index (χ3v) is 3.25. The molecule has 0 aliphatic heterocycles. The number of methoxy groups -OCH3 is 1. The van der Waals surface area contributed by atoms with Crippen LogP contribution in [-0.4, -0.2) is 18.1 Å². The second-order valence-corrected chi connectivity index (χ2v) is 5.82. The van der Waals surface area contributed by atoms with Crippen LogP contribution in [0.4, 0.5) is 16.2 Å². The van der Waals surface area contributed by atoms with E-state index in [9.17, 15) is 14.9 Å². The van der Waals surface area contributed by atoms with E-state index in [-0.39, 0.29) is 16.9 Å². The number of carbonyl (C=O) groups is 1. The third kappa shape index (κ3) is 4.76. The van der Waals surface area contributed by atoms with E-state index in [4.69, 9.17) is 4.74 Å².